The molecule has 0 saturated heterocycles. The van der Waals surface area contributed by atoms with Gasteiger partial charge in [-0.15, -0.1) is 21.5 Å². The molecule has 9 heteroatoms. The van der Waals surface area contributed by atoms with Crippen LogP contribution in [0.4, 0.5) is 0 Å². The van der Waals surface area contributed by atoms with Crippen LogP contribution < -0.4 is 5.32 Å². The molecule has 154 valence electrons. The highest BCUT2D eigenvalue weighted by molar-refractivity contribution is 7.99. The van der Waals surface area contributed by atoms with Crippen molar-refractivity contribution in [2.45, 2.75) is 31.6 Å². The predicted octanol–water partition coefficient (Wildman–Crippen LogP) is 4.18. The Morgan fingerprint density at radius 1 is 1.23 bits per heavy atom. The van der Waals surface area contributed by atoms with E-state index < -0.39 is 0 Å². The summed E-state index contributed by atoms with van der Waals surface area (Å²) in [5.41, 5.74) is 2.08. The van der Waals surface area contributed by atoms with Crippen molar-refractivity contribution in [3.8, 4) is 16.4 Å². The summed E-state index contributed by atoms with van der Waals surface area (Å²) >= 11 is 3.04. The Morgan fingerprint density at radius 3 is 2.73 bits per heavy atom. The molecule has 1 atom stereocenters. The van der Waals surface area contributed by atoms with Crippen LogP contribution in [0.25, 0.3) is 16.4 Å². The lowest BCUT2D eigenvalue weighted by atomic mass is 10.1. The number of benzene rings is 1. The van der Waals surface area contributed by atoms with Crippen LogP contribution in [-0.4, -0.2) is 36.0 Å². The molecule has 0 spiro atoms. The van der Waals surface area contributed by atoms with Crippen molar-refractivity contribution in [2.24, 2.45) is 0 Å². The molecule has 3 heterocycles. The smallest absolute Gasteiger partial charge is 0.230 e. The van der Waals surface area contributed by atoms with Crippen LogP contribution in [0.1, 0.15) is 25.5 Å². The number of hydrogen-bond donors (Lipinski definition) is 1. The third-order valence-electron chi connectivity index (χ3n) is 4.68. The van der Waals surface area contributed by atoms with Gasteiger partial charge in [0.1, 0.15) is 0 Å². The number of nitrogens with zero attached hydrogens (tertiary/aromatic N) is 5. The van der Waals surface area contributed by atoms with Crippen molar-refractivity contribution in [2.75, 3.05) is 5.75 Å². The Kier molecular flexibility index (Phi) is 6.29. The Hall–Kier alpha value is -2.91. The summed E-state index contributed by atoms with van der Waals surface area (Å²) in [4.78, 5) is 17.6. The van der Waals surface area contributed by atoms with Crippen LogP contribution in [0.2, 0.25) is 0 Å². The molecule has 4 rings (SSSR count). The lowest BCUT2D eigenvalue weighted by Crippen LogP contribution is -2.28. The van der Waals surface area contributed by atoms with E-state index in [2.05, 4.69) is 27.4 Å². The van der Waals surface area contributed by atoms with Gasteiger partial charge in [0, 0.05) is 24.6 Å². The minimum Gasteiger partial charge on any atom is -0.349 e. The second-order valence-corrected chi connectivity index (χ2v) is 8.56. The summed E-state index contributed by atoms with van der Waals surface area (Å²) in [6.07, 6.45) is 5.41. The molecular formula is C21H22N6OS2. The summed E-state index contributed by atoms with van der Waals surface area (Å²) in [5.74, 6) is 1.11. The van der Waals surface area contributed by atoms with E-state index >= 15 is 0 Å². The van der Waals surface area contributed by atoms with E-state index in [0.29, 0.717) is 5.75 Å². The average Bonchev–Trinajstić information content (AvgIpc) is 3.53. The summed E-state index contributed by atoms with van der Waals surface area (Å²) < 4.78 is 3.99. The third kappa shape index (κ3) is 4.47. The molecule has 1 unspecified atom stereocenters. The van der Waals surface area contributed by atoms with Gasteiger partial charge < -0.3 is 14.5 Å². The van der Waals surface area contributed by atoms with E-state index in [1.165, 1.54) is 11.8 Å². The third-order valence-corrected chi connectivity index (χ3v) is 6.51. The first-order valence-electron chi connectivity index (χ1n) is 9.63. The summed E-state index contributed by atoms with van der Waals surface area (Å²) in [6.45, 7) is 4.79. The topological polar surface area (TPSA) is 77.6 Å². The van der Waals surface area contributed by atoms with E-state index in [4.69, 9.17) is 0 Å². The molecule has 0 aliphatic carbocycles. The van der Waals surface area contributed by atoms with Crippen molar-refractivity contribution in [1.82, 2.24) is 29.6 Å². The Balaban J connectivity index is 1.35. The molecule has 1 amide bonds. The highest BCUT2D eigenvalue weighted by atomic mass is 32.2. The van der Waals surface area contributed by atoms with Gasteiger partial charge in [0.15, 0.2) is 11.0 Å². The second-order valence-electron chi connectivity index (χ2n) is 6.67. The van der Waals surface area contributed by atoms with Crippen LogP contribution in [0.15, 0.2) is 65.7 Å². The van der Waals surface area contributed by atoms with Crippen LogP contribution in [-0.2, 0) is 11.3 Å². The fraction of sp³-hybridized carbons (Fsp3) is 0.238. The predicted molar refractivity (Wildman–Crippen MR) is 120 cm³/mol. The molecule has 3 aromatic heterocycles. The molecule has 1 aromatic carbocycles. The molecule has 30 heavy (non-hydrogen) atoms. The molecule has 0 radical (unpaired) electrons. The lowest BCUT2D eigenvalue weighted by molar-refractivity contribution is -0.119. The Morgan fingerprint density at radius 2 is 2.07 bits per heavy atom. The van der Waals surface area contributed by atoms with Crippen LogP contribution in [0.3, 0.4) is 0 Å². The fourth-order valence-corrected chi connectivity index (χ4v) is 4.64. The van der Waals surface area contributed by atoms with Gasteiger partial charge in [0.2, 0.25) is 5.91 Å². The van der Waals surface area contributed by atoms with Gasteiger partial charge in [-0.2, -0.15) is 0 Å². The maximum absolute atomic E-state index is 12.5. The SMILES string of the molecule is CCn1c(SCC(=O)NC(C)c2ccc(-n3ccnc3)cc2)nnc1-c1cccs1. The number of rotatable bonds is 8. The molecule has 4 aromatic rings. The van der Waals surface area contributed by atoms with Crippen LogP contribution in [0, 0.1) is 0 Å². The monoisotopic (exact) mass is 438 g/mol. The zero-order chi connectivity index (χ0) is 20.9. The van der Waals surface area contributed by atoms with Gasteiger partial charge >= 0.3 is 0 Å². The van der Waals surface area contributed by atoms with Crippen molar-refractivity contribution in [1.29, 1.82) is 0 Å². The molecule has 0 saturated carbocycles. The van der Waals surface area contributed by atoms with Gasteiger partial charge in [-0.3, -0.25) is 4.79 Å². The number of carbonyl (C=O) groups excluding carboxylic acids is 1. The Bertz CT molecular complexity index is 1090. The molecule has 0 fully saturated rings. The molecule has 0 bridgehead atoms. The van der Waals surface area contributed by atoms with E-state index in [9.17, 15) is 4.79 Å². The number of hydrogen-bond acceptors (Lipinski definition) is 6. The van der Waals surface area contributed by atoms with Gasteiger partial charge in [-0.1, -0.05) is 30.0 Å². The maximum Gasteiger partial charge on any atom is 0.230 e. The molecule has 7 nitrogen and oxygen atoms in total. The number of nitrogens with one attached hydrogen (secondary N) is 1. The first kappa shape index (κ1) is 20.4. The van der Waals surface area contributed by atoms with Crippen LogP contribution >= 0.6 is 23.1 Å². The highest BCUT2D eigenvalue weighted by Gasteiger charge is 2.16. The molecule has 0 aliphatic rings. The average molecular weight is 439 g/mol. The summed E-state index contributed by atoms with van der Waals surface area (Å²) in [5, 5.41) is 14.4. The van der Waals surface area contributed by atoms with Gasteiger partial charge in [-0.05, 0) is 43.0 Å². The standard InChI is InChI=1S/C21H22N6OS2/c1-3-27-20(18-5-4-12-29-18)24-25-21(27)30-13-19(28)23-15(2)16-6-8-17(9-7-16)26-11-10-22-14-26/h4-12,14-15H,3,13H2,1-2H3,(H,23,28). The van der Waals surface area contributed by atoms with Crippen LogP contribution in [0.5, 0.6) is 0 Å². The first-order valence-corrected chi connectivity index (χ1v) is 11.5. The van der Waals surface area contributed by atoms with E-state index in [-0.39, 0.29) is 11.9 Å². The second kappa shape index (κ2) is 9.27. The van der Waals surface area contributed by atoms with Crippen molar-refractivity contribution >= 4 is 29.0 Å². The molecule has 0 aliphatic heterocycles. The van der Waals surface area contributed by atoms with E-state index in [1.54, 1.807) is 23.9 Å². The normalized spacial score (nSPS) is 12.1. The minimum atomic E-state index is -0.0827. The molecular weight excluding hydrogens is 416 g/mol. The number of amides is 1. The minimum absolute atomic E-state index is 0.0329. The van der Waals surface area contributed by atoms with E-state index in [1.807, 2.05) is 64.0 Å². The van der Waals surface area contributed by atoms with E-state index in [0.717, 1.165) is 33.7 Å². The number of thioether (sulfide) groups is 1. The van der Waals surface area contributed by atoms with Crippen molar-refractivity contribution < 1.29 is 4.79 Å². The number of aromatic nitrogens is 5. The maximum atomic E-state index is 12.5. The first-order chi connectivity index (χ1) is 14.7. The number of thiophene rings is 1. The summed E-state index contributed by atoms with van der Waals surface area (Å²) in [7, 11) is 0. The van der Waals surface area contributed by atoms with Gasteiger partial charge in [0.25, 0.3) is 0 Å². The van der Waals surface area contributed by atoms with Crippen molar-refractivity contribution in [3.05, 3.63) is 66.1 Å². The summed E-state index contributed by atoms with van der Waals surface area (Å²) in [6, 6.07) is 12.0. The highest BCUT2D eigenvalue weighted by Crippen LogP contribution is 2.27. The largest absolute Gasteiger partial charge is 0.349 e. The van der Waals surface area contributed by atoms with Crippen molar-refractivity contribution in [3.63, 3.8) is 0 Å². The quantitative estimate of drug-likeness (QED) is 0.418. The van der Waals surface area contributed by atoms with Gasteiger partial charge in [0.05, 0.1) is 23.0 Å². The zero-order valence-electron chi connectivity index (χ0n) is 16.7. The Labute approximate surface area is 183 Å². The lowest BCUT2D eigenvalue weighted by Gasteiger charge is -2.15. The number of imidazole rings is 1. The number of carbonyl (C=O) groups is 1. The molecule has 1 N–H and O–H groups in total. The zero-order valence-corrected chi connectivity index (χ0v) is 18.4. The fourth-order valence-electron chi connectivity index (χ4n) is 3.11. The van der Waals surface area contributed by atoms with Gasteiger partial charge in [-0.25, -0.2) is 4.98 Å².